The summed E-state index contributed by atoms with van der Waals surface area (Å²) < 4.78 is 15.4. The third-order valence-electron chi connectivity index (χ3n) is 3.49. The maximum absolute atomic E-state index is 12.4. The highest BCUT2D eigenvalue weighted by Gasteiger charge is 2.28. The first-order chi connectivity index (χ1) is 12.0. The molecule has 0 unspecified atom stereocenters. The summed E-state index contributed by atoms with van der Waals surface area (Å²) in [6.45, 7) is -0.232. The van der Waals surface area contributed by atoms with Crippen molar-refractivity contribution in [3.63, 3.8) is 0 Å². The molecule has 0 aliphatic carbocycles. The van der Waals surface area contributed by atoms with Crippen LogP contribution in [0.5, 0.6) is 11.5 Å². The predicted molar refractivity (Wildman–Crippen MR) is 93.4 cm³/mol. The van der Waals surface area contributed by atoms with Crippen molar-refractivity contribution in [1.29, 1.82) is 0 Å². The fourth-order valence-corrected chi connectivity index (χ4v) is 2.59. The molecule has 0 amide bonds. The zero-order chi connectivity index (χ0) is 18.0. The van der Waals surface area contributed by atoms with Crippen LogP contribution in [0.1, 0.15) is 15.9 Å². The summed E-state index contributed by atoms with van der Waals surface area (Å²) in [6.07, 6.45) is 1.53. The van der Waals surface area contributed by atoms with Crippen LogP contribution in [0.15, 0.2) is 42.2 Å². The topological polar surface area (TPSA) is 61.8 Å². The molecular weight excluding hydrogens is 367 g/mol. The van der Waals surface area contributed by atoms with Gasteiger partial charge in [0.15, 0.2) is 12.4 Å². The first kappa shape index (κ1) is 17.3. The summed E-state index contributed by atoms with van der Waals surface area (Å²) in [5.74, 6) is 0.0827. The lowest BCUT2D eigenvalue weighted by atomic mass is 10.1. The first-order valence-electron chi connectivity index (χ1n) is 7.21. The summed E-state index contributed by atoms with van der Waals surface area (Å²) >= 11 is 12.1. The molecule has 7 heteroatoms. The molecule has 1 aliphatic heterocycles. The summed E-state index contributed by atoms with van der Waals surface area (Å²) in [7, 11) is 1.27. The van der Waals surface area contributed by atoms with E-state index < -0.39 is 5.97 Å². The summed E-state index contributed by atoms with van der Waals surface area (Å²) in [6, 6.07) is 9.81. The molecule has 0 atom stereocenters. The molecule has 3 rings (SSSR count). The number of allylic oxidation sites excluding steroid dienone is 1. The number of carbonyl (C=O) groups excluding carboxylic acids is 2. The SMILES string of the molecule is COC(=O)COc1ccc2c(c1)O/C(=C\c1cccc(Cl)c1Cl)C2=O. The molecule has 0 aromatic heterocycles. The van der Waals surface area contributed by atoms with E-state index in [9.17, 15) is 9.59 Å². The summed E-state index contributed by atoms with van der Waals surface area (Å²) in [4.78, 5) is 23.6. The van der Waals surface area contributed by atoms with Gasteiger partial charge in [-0.2, -0.15) is 0 Å². The number of rotatable bonds is 4. The monoisotopic (exact) mass is 378 g/mol. The van der Waals surface area contributed by atoms with Gasteiger partial charge in [0.1, 0.15) is 11.5 Å². The maximum atomic E-state index is 12.4. The van der Waals surface area contributed by atoms with Crippen LogP contribution >= 0.6 is 23.2 Å². The Balaban J connectivity index is 1.84. The molecule has 0 saturated heterocycles. The van der Waals surface area contributed by atoms with E-state index in [4.69, 9.17) is 32.7 Å². The van der Waals surface area contributed by atoms with Gasteiger partial charge in [-0.3, -0.25) is 4.79 Å². The lowest BCUT2D eigenvalue weighted by molar-refractivity contribution is -0.142. The Morgan fingerprint density at radius 1 is 1.24 bits per heavy atom. The Morgan fingerprint density at radius 3 is 2.80 bits per heavy atom. The predicted octanol–water partition coefficient (Wildman–Crippen LogP) is 4.16. The summed E-state index contributed by atoms with van der Waals surface area (Å²) in [5, 5.41) is 0.726. The van der Waals surface area contributed by atoms with Crippen molar-refractivity contribution in [3.8, 4) is 11.5 Å². The van der Waals surface area contributed by atoms with Crippen molar-refractivity contribution < 1.29 is 23.8 Å². The first-order valence-corrected chi connectivity index (χ1v) is 7.97. The second-order valence-corrected chi connectivity index (χ2v) is 5.89. The van der Waals surface area contributed by atoms with Gasteiger partial charge in [0.05, 0.1) is 22.7 Å². The molecule has 25 heavy (non-hydrogen) atoms. The van der Waals surface area contributed by atoms with Gasteiger partial charge in [0.25, 0.3) is 0 Å². The molecule has 2 aromatic rings. The molecule has 1 aliphatic rings. The number of ether oxygens (including phenoxy) is 3. The fourth-order valence-electron chi connectivity index (χ4n) is 2.23. The molecule has 0 fully saturated rings. The van der Waals surface area contributed by atoms with Crippen molar-refractivity contribution in [2.45, 2.75) is 0 Å². The van der Waals surface area contributed by atoms with Gasteiger partial charge >= 0.3 is 5.97 Å². The number of carbonyl (C=O) groups is 2. The van der Waals surface area contributed by atoms with Crippen molar-refractivity contribution >= 4 is 41.0 Å². The van der Waals surface area contributed by atoms with Crippen LogP contribution in [0.3, 0.4) is 0 Å². The third-order valence-corrected chi connectivity index (χ3v) is 4.33. The van der Waals surface area contributed by atoms with Crippen LogP contribution in [0, 0.1) is 0 Å². The second-order valence-electron chi connectivity index (χ2n) is 5.11. The number of hydrogen-bond acceptors (Lipinski definition) is 5. The molecule has 5 nitrogen and oxygen atoms in total. The standard InChI is InChI=1S/C18H12Cl2O5/c1-23-16(21)9-24-11-5-6-12-14(8-11)25-15(18(12)22)7-10-3-2-4-13(19)17(10)20/h2-8H,9H2,1H3/b15-7-. The smallest absolute Gasteiger partial charge is 0.343 e. The highest BCUT2D eigenvalue weighted by atomic mass is 35.5. The van der Waals surface area contributed by atoms with E-state index in [0.29, 0.717) is 32.7 Å². The van der Waals surface area contributed by atoms with E-state index in [1.807, 2.05) is 0 Å². The Hall–Kier alpha value is -2.50. The second kappa shape index (κ2) is 7.17. The third kappa shape index (κ3) is 3.62. The molecule has 0 saturated carbocycles. The molecular formula is C18H12Cl2O5. The van der Waals surface area contributed by atoms with Crippen LogP contribution in [0.4, 0.5) is 0 Å². The van der Waals surface area contributed by atoms with E-state index >= 15 is 0 Å². The van der Waals surface area contributed by atoms with Crippen LogP contribution in [-0.2, 0) is 9.53 Å². The van der Waals surface area contributed by atoms with Crippen LogP contribution in [0.25, 0.3) is 6.08 Å². The molecule has 0 bridgehead atoms. The van der Waals surface area contributed by atoms with Gasteiger partial charge < -0.3 is 14.2 Å². The van der Waals surface area contributed by atoms with Crippen molar-refractivity contribution in [2.24, 2.45) is 0 Å². The Morgan fingerprint density at radius 2 is 2.04 bits per heavy atom. The zero-order valence-corrected chi connectivity index (χ0v) is 14.6. The van der Waals surface area contributed by atoms with E-state index in [1.165, 1.54) is 19.3 Å². The van der Waals surface area contributed by atoms with E-state index in [-0.39, 0.29) is 18.1 Å². The maximum Gasteiger partial charge on any atom is 0.343 e. The quantitative estimate of drug-likeness (QED) is 0.590. The lowest BCUT2D eigenvalue weighted by Crippen LogP contribution is -2.12. The number of halogens is 2. The minimum atomic E-state index is -0.506. The number of methoxy groups -OCH3 is 1. The molecule has 128 valence electrons. The average Bonchev–Trinajstić information content (AvgIpc) is 2.92. The van der Waals surface area contributed by atoms with E-state index in [0.717, 1.165) is 0 Å². The largest absolute Gasteiger partial charge is 0.482 e. The minimum Gasteiger partial charge on any atom is -0.482 e. The molecule has 2 aromatic carbocycles. The number of benzene rings is 2. The molecule has 0 N–H and O–H groups in total. The van der Waals surface area contributed by atoms with Crippen molar-refractivity contribution in [3.05, 3.63) is 63.3 Å². The Labute approximate surface area is 153 Å². The number of Topliss-reactive ketones (excluding diaryl/α,β-unsaturated/α-hetero) is 1. The normalized spacial score (nSPS) is 14.2. The van der Waals surface area contributed by atoms with Crippen molar-refractivity contribution in [1.82, 2.24) is 0 Å². The molecule has 0 spiro atoms. The highest BCUT2D eigenvalue weighted by molar-refractivity contribution is 6.43. The lowest BCUT2D eigenvalue weighted by Gasteiger charge is -2.05. The molecule has 0 radical (unpaired) electrons. The van der Waals surface area contributed by atoms with Gasteiger partial charge in [-0.1, -0.05) is 35.3 Å². The highest BCUT2D eigenvalue weighted by Crippen LogP contribution is 2.36. The fraction of sp³-hybridized carbons (Fsp3) is 0.111. The number of hydrogen-bond donors (Lipinski definition) is 0. The summed E-state index contributed by atoms with van der Waals surface area (Å²) in [5.41, 5.74) is 0.974. The molecule has 1 heterocycles. The van der Waals surface area contributed by atoms with Crippen LogP contribution in [0.2, 0.25) is 10.0 Å². The Kier molecular flexibility index (Phi) is 4.97. The van der Waals surface area contributed by atoms with Gasteiger partial charge in [-0.25, -0.2) is 4.79 Å². The van der Waals surface area contributed by atoms with E-state index in [2.05, 4.69) is 4.74 Å². The van der Waals surface area contributed by atoms with Gasteiger partial charge in [0, 0.05) is 6.07 Å². The van der Waals surface area contributed by atoms with Gasteiger partial charge in [-0.15, -0.1) is 0 Å². The zero-order valence-electron chi connectivity index (χ0n) is 13.0. The van der Waals surface area contributed by atoms with Crippen LogP contribution < -0.4 is 9.47 Å². The number of ketones is 1. The van der Waals surface area contributed by atoms with E-state index in [1.54, 1.807) is 30.3 Å². The Bertz CT molecular complexity index is 889. The van der Waals surface area contributed by atoms with Gasteiger partial charge in [0.2, 0.25) is 5.78 Å². The van der Waals surface area contributed by atoms with Crippen LogP contribution in [-0.4, -0.2) is 25.5 Å². The van der Waals surface area contributed by atoms with Gasteiger partial charge in [-0.05, 0) is 29.8 Å². The number of esters is 1. The average molecular weight is 379 g/mol. The number of fused-ring (bicyclic) bond motifs is 1. The van der Waals surface area contributed by atoms with Crippen molar-refractivity contribution in [2.75, 3.05) is 13.7 Å². The minimum absolute atomic E-state index is 0.129.